The third-order valence-electron chi connectivity index (χ3n) is 4.85. The number of carbonyl (C=O) groups is 2. The largest absolute Gasteiger partial charge is 0.481 e. The SMILES string of the molecule is CCC(Oc1ccccc1)C(=O)NCC(C)(C)CNC(=O)C(CC)Oc1ccccc1. The summed E-state index contributed by atoms with van der Waals surface area (Å²) in [5.41, 5.74) is -0.332. The molecule has 2 unspecified atom stereocenters. The van der Waals surface area contributed by atoms with Crippen molar-refractivity contribution < 1.29 is 19.1 Å². The average Bonchev–Trinajstić information content (AvgIpc) is 2.79. The summed E-state index contributed by atoms with van der Waals surface area (Å²) < 4.78 is 11.6. The van der Waals surface area contributed by atoms with Crippen LogP contribution in [0.3, 0.4) is 0 Å². The van der Waals surface area contributed by atoms with E-state index in [1.165, 1.54) is 0 Å². The second-order valence-corrected chi connectivity index (χ2v) is 8.26. The number of nitrogens with one attached hydrogen (secondary N) is 2. The first kappa shape index (κ1) is 24.3. The number of para-hydroxylation sites is 2. The molecule has 2 rings (SSSR count). The van der Waals surface area contributed by atoms with Crippen LogP contribution in [0.5, 0.6) is 11.5 Å². The lowest BCUT2D eigenvalue weighted by Gasteiger charge is -2.27. The van der Waals surface area contributed by atoms with Crippen molar-refractivity contribution >= 4 is 11.8 Å². The number of hydrogen-bond acceptors (Lipinski definition) is 4. The lowest BCUT2D eigenvalue weighted by molar-refractivity contribution is -0.128. The molecule has 6 nitrogen and oxygen atoms in total. The Balaban J connectivity index is 1.81. The van der Waals surface area contributed by atoms with Crippen molar-refractivity contribution in [3.05, 3.63) is 60.7 Å². The molecule has 0 saturated heterocycles. The first-order valence-electron chi connectivity index (χ1n) is 10.8. The Labute approximate surface area is 185 Å². The topological polar surface area (TPSA) is 76.7 Å². The summed E-state index contributed by atoms with van der Waals surface area (Å²) in [6, 6.07) is 18.6. The monoisotopic (exact) mass is 426 g/mol. The third-order valence-corrected chi connectivity index (χ3v) is 4.85. The summed E-state index contributed by atoms with van der Waals surface area (Å²) in [7, 11) is 0. The Morgan fingerprint density at radius 3 is 1.42 bits per heavy atom. The maximum Gasteiger partial charge on any atom is 0.261 e. The van der Waals surface area contributed by atoms with E-state index in [4.69, 9.17) is 9.47 Å². The average molecular weight is 427 g/mol. The predicted octanol–water partition coefficient (Wildman–Crippen LogP) is 3.96. The standard InChI is InChI=1S/C25H34N2O4/c1-5-21(30-19-13-9-7-10-14-19)23(28)26-17-25(3,4)18-27-24(29)22(6-2)31-20-15-11-8-12-16-20/h7-16,21-22H,5-6,17-18H2,1-4H3,(H,26,28)(H,27,29). The molecule has 2 atom stereocenters. The molecular weight excluding hydrogens is 392 g/mol. The van der Waals surface area contributed by atoms with Gasteiger partial charge in [-0.3, -0.25) is 9.59 Å². The second-order valence-electron chi connectivity index (χ2n) is 8.26. The minimum absolute atomic E-state index is 0.162. The van der Waals surface area contributed by atoms with Crippen LogP contribution in [0.15, 0.2) is 60.7 Å². The molecule has 0 saturated carbocycles. The molecule has 2 aromatic carbocycles. The van der Waals surface area contributed by atoms with Crippen LogP contribution in [0.1, 0.15) is 40.5 Å². The summed E-state index contributed by atoms with van der Waals surface area (Å²) in [4.78, 5) is 25.2. The molecule has 0 spiro atoms. The Hall–Kier alpha value is -3.02. The first-order valence-corrected chi connectivity index (χ1v) is 10.8. The maximum atomic E-state index is 12.6. The number of ether oxygens (including phenoxy) is 2. The zero-order chi connectivity index (χ0) is 22.7. The fraction of sp³-hybridized carbons (Fsp3) is 0.440. The van der Waals surface area contributed by atoms with Gasteiger partial charge in [0.2, 0.25) is 0 Å². The highest BCUT2D eigenvalue weighted by Gasteiger charge is 2.26. The van der Waals surface area contributed by atoms with Gasteiger partial charge >= 0.3 is 0 Å². The second kappa shape index (κ2) is 12.0. The molecular formula is C25H34N2O4. The number of amides is 2. The van der Waals surface area contributed by atoms with Crippen molar-refractivity contribution in [2.75, 3.05) is 13.1 Å². The van der Waals surface area contributed by atoms with Crippen LogP contribution in [-0.2, 0) is 9.59 Å². The number of carbonyl (C=O) groups excluding carboxylic acids is 2. The fourth-order valence-corrected chi connectivity index (χ4v) is 2.91. The van der Waals surface area contributed by atoms with Crippen molar-refractivity contribution in [3.8, 4) is 11.5 Å². The molecule has 0 aliphatic carbocycles. The van der Waals surface area contributed by atoms with Gasteiger partial charge in [-0.25, -0.2) is 0 Å². The van der Waals surface area contributed by atoms with Crippen LogP contribution in [-0.4, -0.2) is 37.1 Å². The lowest BCUT2D eigenvalue weighted by Crippen LogP contribution is -2.47. The van der Waals surface area contributed by atoms with Gasteiger partial charge in [-0.1, -0.05) is 64.1 Å². The maximum absolute atomic E-state index is 12.6. The Morgan fingerprint density at radius 2 is 1.10 bits per heavy atom. The number of benzene rings is 2. The summed E-state index contributed by atoms with van der Waals surface area (Å²) >= 11 is 0. The van der Waals surface area contributed by atoms with E-state index < -0.39 is 12.2 Å². The molecule has 168 valence electrons. The minimum Gasteiger partial charge on any atom is -0.481 e. The Kier molecular flexibility index (Phi) is 9.38. The van der Waals surface area contributed by atoms with E-state index in [9.17, 15) is 9.59 Å². The number of hydrogen-bond donors (Lipinski definition) is 2. The molecule has 2 amide bonds. The van der Waals surface area contributed by atoms with Crippen LogP contribution in [0.4, 0.5) is 0 Å². The fourth-order valence-electron chi connectivity index (χ4n) is 2.91. The molecule has 0 aliphatic rings. The van der Waals surface area contributed by atoms with E-state index >= 15 is 0 Å². The smallest absolute Gasteiger partial charge is 0.261 e. The normalized spacial score (nSPS) is 13.0. The van der Waals surface area contributed by atoms with Gasteiger partial charge in [0.05, 0.1) is 0 Å². The van der Waals surface area contributed by atoms with Gasteiger partial charge in [0.1, 0.15) is 11.5 Å². The van der Waals surface area contributed by atoms with Crippen LogP contribution in [0.25, 0.3) is 0 Å². The first-order chi connectivity index (χ1) is 14.8. The molecule has 0 heterocycles. The Bertz CT molecular complexity index is 741. The molecule has 0 fully saturated rings. The zero-order valence-electron chi connectivity index (χ0n) is 18.9. The van der Waals surface area contributed by atoms with Crippen molar-refractivity contribution in [2.24, 2.45) is 5.41 Å². The summed E-state index contributed by atoms with van der Waals surface area (Å²) in [6.45, 7) is 8.64. The van der Waals surface area contributed by atoms with E-state index in [1.807, 2.05) is 88.4 Å². The van der Waals surface area contributed by atoms with Crippen LogP contribution >= 0.6 is 0 Å². The minimum atomic E-state index is -0.559. The quantitative estimate of drug-likeness (QED) is 0.539. The van der Waals surface area contributed by atoms with Gasteiger partial charge in [0.25, 0.3) is 11.8 Å². The van der Waals surface area contributed by atoms with Crippen molar-refractivity contribution in [2.45, 2.75) is 52.7 Å². The molecule has 0 radical (unpaired) electrons. The van der Waals surface area contributed by atoms with Crippen molar-refractivity contribution in [3.63, 3.8) is 0 Å². The van der Waals surface area contributed by atoms with Crippen LogP contribution in [0.2, 0.25) is 0 Å². The molecule has 2 aromatic rings. The molecule has 0 bridgehead atoms. The van der Waals surface area contributed by atoms with Gasteiger partial charge < -0.3 is 20.1 Å². The van der Waals surface area contributed by atoms with Crippen LogP contribution in [0, 0.1) is 5.41 Å². The third kappa shape index (κ3) is 8.32. The summed E-state index contributed by atoms with van der Waals surface area (Å²) in [5, 5.41) is 5.91. The van der Waals surface area contributed by atoms with Gasteiger partial charge in [0.15, 0.2) is 12.2 Å². The van der Waals surface area contributed by atoms with E-state index in [0.717, 1.165) is 0 Å². The zero-order valence-corrected chi connectivity index (χ0v) is 18.9. The molecule has 31 heavy (non-hydrogen) atoms. The number of rotatable bonds is 12. The van der Waals surface area contributed by atoms with Crippen molar-refractivity contribution in [1.82, 2.24) is 10.6 Å². The highest BCUT2D eigenvalue weighted by atomic mass is 16.5. The Morgan fingerprint density at radius 1 is 0.742 bits per heavy atom. The highest BCUT2D eigenvalue weighted by molar-refractivity contribution is 5.81. The van der Waals surface area contributed by atoms with E-state index in [-0.39, 0.29) is 17.2 Å². The van der Waals surface area contributed by atoms with Crippen LogP contribution < -0.4 is 20.1 Å². The molecule has 6 heteroatoms. The van der Waals surface area contributed by atoms with Gasteiger partial charge in [-0.2, -0.15) is 0 Å². The van der Waals surface area contributed by atoms with Gasteiger partial charge in [-0.05, 0) is 42.5 Å². The van der Waals surface area contributed by atoms with E-state index in [1.54, 1.807) is 0 Å². The molecule has 2 N–H and O–H groups in total. The predicted molar refractivity (Wildman–Crippen MR) is 122 cm³/mol. The van der Waals surface area contributed by atoms with Crippen molar-refractivity contribution in [1.29, 1.82) is 0 Å². The molecule has 0 aliphatic heterocycles. The summed E-state index contributed by atoms with van der Waals surface area (Å²) in [6.07, 6.45) is 0.00727. The van der Waals surface area contributed by atoms with E-state index in [2.05, 4.69) is 10.6 Å². The van der Waals surface area contributed by atoms with Gasteiger partial charge in [0, 0.05) is 13.1 Å². The van der Waals surface area contributed by atoms with E-state index in [0.29, 0.717) is 37.4 Å². The highest BCUT2D eigenvalue weighted by Crippen LogP contribution is 2.16. The summed E-state index contributed by atoms with van der Waals surface area (Å²) in [5.74, 6) is 1.01. The lowest BCUT2D eigenvalue weighted by atomic mass is 9.93. The molecule has 0 aromatic heterocycles. The van der Waals surface area contributed by atoms with Gasteiger partial charge in [-0.15, -0.1) is 0 Å².